The van der Waals surface area contributed by atoms with Crippen molar-refractivity contribution in [1.29, 1.82) is 0 Å². The maximum atomic E-state index is 12.4. The predicted octanol–water partition coefficient (Wildman–Crippen LogP) is 3.05. The van der Waals surface area contributed by atoms with Crippen LogP contribution in [-0.4, -0.2) is 58.2 Å². The molecule has 3 aliphatic heterocycles. The monoisotopic (exact) mass is 451 g/mol. The molecule has 3 saturated heterocycles. The van der Waals surface area contributed by atoms with Crippen molar-refractivity contribution in [3.8, 4) is 0 Å². The fourth-order valence-corrected chi connectivity index (χ4v) is 6.22. The van der Waals surface area contributed by atoms with Gasteiger partial charge in [0.1, 0.15) is 0 Å². The van der Waals surface area contributed by atoms with E-state index in [1.54, 1.807) is 0 Å². The maximum absolute atomic E-state index is 12.4. The van der Waals surface area contributed by atoms with Gasteiger partial charge in [-0.15, -0.1) is 0 Å². The van der Waals surface area contributed by atoms with Gasteiger partial charge in [-0.05, 0) is 89.1 Å². The van der Waals surface area contributed by atoms with E-state index in [0.29, 0.717) is 18.8 Å². The number of nitrogens with one attached hydrogen (secondary N) is 2. The quantitative estimate of drug-likeness (QED) is 0.699. The minimum atomic E-state index is -0.352. The highest BCUT2D eigenvalue weighted by Gasteiger charge is 2.37. The molecule has 1 aromatic carbocycles. The van der Waals surface area contributed by atoms with Crippen LogP contribution in [0.25, 0.3) is 10.9 Å². The van der Waals surface area contributed by atoms with Crippen LogP contribution in [0, 0.1) is 5.92 Å². The Morgan fingerprint density at radius 1 is 1.12 bits per heavy atom. The molecule has 0 bridgehead atoms. The van der Waals surface area contributed by atoms with Crippen molar-refractivity contribution in [1.82, 2.24) is 25.3 Å². The zero-order valence-electron chi connectivity index (χ0n) is 20.2. The number of imide groups is 1. The standard InChI is InChI=1S/C26H37N5O2/c1-26(2)15-19(10-13-31(26)16-17-8-11-27-12-9-17)18-4-5-20-22(14-18)30(3)29-24(20)21-6-7-23(32)28-25(21)33/h4-5,14,17,19,21,27H,6-13,15-16H2,1-3H3,(H,28,32,33)/t19-,21?/m0/s1. The molecule has 5 rings (SSSR count). The van der Waals surface area contributed by atoms with E-state index in [4.69, 9.17) is 5.10 Å². The summed E-state index contributed by atoms with van der Waals surface area (Å²) in [5.74, 6) is 0.585. The summed E-state index contributed by atoms with van der Waals surface area (Å²) >= 11 is 0. The van der Waals surface area contributed by atoms with Gasteiger partial charge in [-0.2, -0.15) is 5.10 Å². The number of piperidine rings is 3. The van der Waals surface area contributed by atoms with Crippen LogP contribution in [0.3, 0.4) is 0 Å². The van der Waals surface area contributed by atoms with E-state index < -0.39 is 0 Å². The molecular formula is C26H37N5O2. The summed E-state index contributed by atoms with van der Waals surface area (Å²) in [7, 11) is 1.95. The van der Waals surface area contributed by atoms with Gasteiger partial charge in [-0.25, -0.2) is 0 Å². The molecular weight excluding hydrogens is 414 g/mol. The zero-order valence-corrected chi connectivity index (χ0v) is 20.2. The van der Waals surface area contributed by atoms with Gasteiger partial charge in [0.05, 0.1) is 17.1 Å². The Kier molecular flexibility index (Phi) is 6.04. The summed E-state index contributed by atoms with van der Waals surface area (Å²) in [6, 6.07) is 6.66. The van der Waals surface area contributed by atoms with Crippen LogP contribution < -0.4 is 10.6 Å². The fraction of sp³-hybridized carbons (Fsp3) is 0.654. The number of carbonyl (C=O) groups is 2. The summed E-state index contributed by atoms with van der Waals surface area (Å²) in [5.41, 5.74) is 3.42. The first-order valence-electron chi connectivity index (χ1n) is 12.6. The highest BCUT2D eigenvalue weighted by atomic mass is 16.2. The van der Waals surface area contributed by atoms with E-state index in [1.165, 1.54) is 31.4 Å². The number of nitrogens with zero attached hydrogens (tertiary/aromatic N) is 3. The Morgan fingerprint density at radius 3 is 2.64 bits per heavy atom. The van der Waals surface area contributed by atoms with E-state index in [-0.39, 0.29) is 23.3 Å². The Labute approximate surface area is 196 Å². The Balaban J connectivity index is 1.34. The summed E-state index contributed by atoms with van der Waals surface area (Å²) < 4.78 is 1.90. The number of fused-ring (bicyclic) bond motifs is 1. The van der Waals surface area contributed by atoms with Crippen molar-refractivity contribution >= 4 is 22.7 Å². The highest BCUT2D eigenvalue weighted by Crippen LogP contribution is 2.40. The van der Waals surface area contributed by atoms with Crippen LogP contribution >= 0.6 is 0 Å². The third kappa shape index (κ3) is 4.45. The number of carbonyl (C=O) groups excluding carboxylic acids is 2. The average molecular weight is 452 g/mol. The van der Waals surface area contributed by atoms with E-state index in [2.05, 4.69) is 47.6 Å². The number of amides is 2. The number of aryl methyl sites for hydroxylation is 1. The third-order valence-electron chi connectivity index (χ3n) is 8.23. The lowest BCUT2D eigenvalue weighted by Crippen LogP contribution is -2.52. The Hall–Kier alpha value is -2.25. The summed E-state index contributed by atoms with van der Waals surface area (Å²) in [6.45, 7) is 9.50. The van der Waals surface area contributed by atoms with Gasteiger partial charge in [0.2, 0.25) is 11.8 Å². The number of hydrogen-bond donors (Lipinski definition) is 2. The van der Waals surface area contributed by atoms with Crippen molar-refractivity contribution in [2.24, 2.45) is 13.0 Å². The molecule has 2 atom stereocenters. The van der Waals surface area contributed by atoms with Crippen molar-refractivity contribution in [3.05, 3.63) is 29.5 Å². The van der Waals surface area contributed by atoms with Gasteiger partial charge in [-0.1, -0.05) is 12.1 Å². The molecule has 7 heteroatoms. The number of rotatable bonds is 4. The predicted molar refractivity (Wildman–Crippen MR) is 129 cm³/mol. The van der Waals surface area contributed by atoms with Crippen molar-refractivity contribution in [2.45, 2.75) is 69.7 Å². The minimum absolute atomic E-state index is 0.187. The Morgan fingerprint density at radius 2 is 1.91 bits per heavy atom. The number of hydrogen-bond acceptors (Lipinski definition) is 5. The van der Waals surface area contributed by atoms with Gasteiger partial charge >= 0.3 is 0 Å². The SMILES string of the molecule is Cn1nc(C2CCC(=O)NC2=O)c2ccc([C@H]3CCN(CC4CCNCC4)C(C)(C)C3)cc21. The first-order valence-corrected chi connectivity index (χ1v) is 12.6. The lowest BCUT2D eigenvalue weighted by atomic mass is 9.78. The number of aromatic nitrogens is 2. The van der Waals surface area contributed by atoms with Crippen LogP contribution in [0.2, 0.25) is 0 Å². The van der Waals surface area contributed by atoms with Crippen LogP contribution in [0.5, 0.6) is 0 Å². The first-order chi connectivity index (χ1) is 15.8. The van der Waals surface area contributed by atoms with E-state index >= 15 is 0 Å². The van der Waals surface area contributed by atoms with Crippen LogP contribution in [0.15, 0.2) is 18.2 Å². The molecule has 178 valence electrons. The molecule has 33 heavy (non-hydrogen) atoms. The molecule has 3 fully saturated rings. The van der Waals surface area contributed by atoms with E-state index in [1.807, 2.05) is 11.7 Å². The van der Waals surface area contributed by atoms with Gasteiger partial charge < -0.3 is 5.32 Å². The zero-order chi connectivity index (χ0) is 23.2. The second-order valence-corrected chi connectivity index (χ2v) is 10.9. The summed E-state index contributed by atoms with van der Waals surface area (Å²) in [6.07, 6.45) is 5.82. The maximum Gasteiger partial charge on any atom is 0.235 e. The van der Waals surface area contributed by atoms with Gasteiger partial charge in [0.25, 0.3) is 0 Å². The molecule has 4 heterocycles. The van der Waals surface area contributed by atoms with Gasteiger partial charge in [0.15, 0.2) is 0 Å². The smallest absolute Gasteiger partial charge is 0.235 e. The number of benzene rings is 1. The molecule has 2 aromatic rings. The van der Waals surface area contributed by atoms with E-state index in [9.17, 15) is 9.59 Å². The van der Waals surface area contributed by atoms with Gasteiger partial charge in [-0.3, -0.25) is 24.5 Å². The Bertz CT molecular complexity index is 1050. The molecule has 0 aliphatic carbocycles. The van der Waals surface area contributed by atoms with Crippen molar-refractivity contribution in [2.75, 3.05) is 26.2 Å². The normalized spacial score (nSPS) is 27.1. The second-order valence-electron chi connectivity index (χ2n) is 10.9. The van der Waals surface area contributed by atoms with Gasteiger partial charge in [0, 0.05) is 30.9 Å². The molecule has 0 spiro atoms. The lowest BCUT2D eigenvalue weighted by Gasteiger charge is -2.47. The molecule has 2 N–H and O–H groups in total. The average Bonchev–Trinajstić information content (AvgIpc) is 3.11. The molecule has 2 amide bonds. The van der Waals surface area contributed by atoms with Crippen molar-refractivity contribution in [3.63, 3.8) is 0 Å². The fourth-order valence-electron chi connectivity index (χ4n) is 6.22. The topological polar surface area (TPSA) is 79.3 Å². The molecule has 1 aromatic heterocycles. The molecule has 0 radical (unpaired) electrons. The van der Waals surface area contributed by atoms with Crippen LogP contribution in [-0.2, 0) is 16.6 Å². The summed E-state index contributed by atoms with van der Waals surface area (Å²) in [5, 5.41) is 11.7. The largest absolute Gasteiger partial charge is 0.317 e. The van der Waals surface area contributed by atoms with Crippen molar-refractivity contribution < 1.29 is 9.59 Å². The summed E-state index contributed by atoms with van der Waals surface area (Å²) in [4.78, 5) is 26.7. The minimum Gasteiger partial charge on any atom is -0.317 e. The van der Waals surface area contributed by atoms with Crippen LogP contribution in [0.4, 0.5) is 0 Å². The molecule has 7 nitrogen and oxygen atoms in total. The highest BCUT2D eigenvalue weighted by molar-refractivity contribution is 6.02. The lowest BCUT2D eigenvalue weighted by molar-refractivity contribution is -0.134. The molecule has 0 saturated carbocycles. The first kappa shape index (κ1) is 22.5. The second kappa shape index (κ2) is 8.84. The van der Waals surface area contributed by atoms with E-state index in [0.717, 1.165) is 48.6 Å². The third-order valence-corrected chi connectivity index (χ3v) is 8.23. The number of likely N-dealkylation sites (tertiary alicyclic amines) is 1. The molecule has 1 unspecified atom stereocenters. The van der Waals surface area contributed by atoms with Crippen LogP contribution in [0.1, 0.15) is 75.5 Å². The molecule has 3 aliphatic rings.